The van der Waals surface area contributed by atoms with E-state index in [2.05, 4.69) is 0 Å². The van der Waals surface area contributed by atoms with Crippen molar-refractivity contribution in [2.75, 3.05) is 6.61 Å². The molecule has 0 unspecified atom stereocenters. The molecule has 0 saturated carbocycles. The van der Waals surface area contributed by atoms with Crippen molar-refractivity contribution in [1.29, 1.82) is 0 Å². The second-order valence-electron chi connectivity index (χ2n) is 5.24. The molecule has 0 aliphatic carbocycles. The number of benzene rings is 2. The van der Waals surface area contributed by atoms with E-state index in [4.69, 9.17) is 14.2 Å². The Hall–Kier alpha value is -2.82. The molecule has 5 heteroatoms. The second-order valence-corrected chi connectivity index (χ2v) is 5.24. The van der Waals surface area contributed by atoms with Crippen molar-refractivity contribution in [3.05, 3.63) is 59.7 Å². The van der Waals surface area contributed by atoms with Gasteiger partial charge >= 0.3 is 11.9 Å². The van der Waals surface area contributed by atoms with E-state index in [0.717, 1.165) is 11.1 Å². The van der Waals surface area contributed by atoms with E-state index in [1.54, 1.807) is 12.1 Å². The van der Waals surface area contributed by atoms with E-state index in [0.29, 0.717) is 24.5 Å². The lowest BCUT2D eigenvalue weighted by atomic mass is 10.1. The lowest BCUT2D eigenvalue weighted by Crippen LogP contribution is -2.06. The summed E-state index contributed by atoms with van der Waals surface area (Å²) in [5, 5.41) is 0. The van der Waals surface area contributed by atoms with Crippen LogP contribution in [-0.4, -0.2) is 18.5 Å². The van der Waals surface area contributed by atoms with Gasteiger partial charge in [-0.3, -0.25) is 9.59 Å². The van der Waals surface area contributed by atoms with Crippen LogP contribution in [0.1, 0.15) is 25.0 Å². The van der Waals surface area contributed by atoms with Gasteiger partial charge in [-0.25, -0.2) is 0 Å². The molecule has 0 spiro atoms. The molecular weight excluding hydrogens is 308 g/mol. The van der Waals surface area contributed by atoms with Gasteiger partial charge in [0.25, 0.3) is 0 Å². The maximum Gasteiger partial charge on any atom is 0.308 e. The molecule has 2 aromatic rings. The minimum atomic E-state index is -0.420. The normalized spacial score (nSPS) is 10.1. The van der Waals surface area contributed by atoms with Crippen LogP contribution in [0.25, 0.3) is 0 Å². The molecule has 0 aliphatic heterocycles. The second kappa shape index (κ2) is 8.72. The molecule has 0 bridgehead atoms. The third-order valence-corrected chi connectivity index (χ3v) is 3.20. The summed E-state index contributed by atoms with van der Waals surface area (Å²) in [7, 11) is 0. The molecule has 0 aromatic heterocycles. The van der Waals surface area contributed by atoms with Crippen molar-refractivity contribution >= 4 is 11.9 Å². The topological polar surface area (TPSA) is 61.8 Å². The highest BCUT2D eigenvalue weighted by atomic mass is 16.6. The summed E-state index contributed by atoms with van der Waals surface area (Å²) in [6.45, 7) is 3.36. The zero-order valence-electron chi connectivity index (χ0n) is 13.8. The van der Waals surface area contributed by atoms with Crippen molar-refractivity contribution in [3.8, 4) is 11.5 Å². The molecule has 5 nitrogen and oxygen atoms in total. The molecule has 2 aromatic carbocycles. The number of rotatable bonds is 7. The first-order valence-corrected chi connectivity index (χ1v) is 7.66. The third kappa shape index (κ3) is 5.76. The van der Waals surface area contributed by atoms with Crippen LogP contribution in [0.4, 0.5) is 0 Å². The summed E-state index contributed by atoms with van der Waals surface area (Å²) in [6.07, 6.45) is 0.535. The summed E-state index contributed by atoms with van der Waals surface area (Å²) >= 11 is 0. The number of carbonyl (C=O) groups is 2. The fourth-order valence-electron chi connectivity index (χ4n) is 2.11. The summed E-state index contributed by atoms with van der Waals surface area (Å²) in [5.41, 5.74) is 1.91. The summed E-state index contributed by atoms with van der Waals surface area (Å²) in [6, 6.07) is 15.1. The number of esters is 2. The predicted octanol–water partition coefficient (Wildman–Crippen LogP) is 3.30. The highest BCUT2D eigenvalue weighted by molar-refractivity contribution is 5.70. The lowest BCUT2D eigenvalue weighted by Gasteiger charge is -2.13. The fourth-order valence-corrected chi connectivity index (χ4v) is 2.11. The first-order valence-electron chi connectivity index (χ1n) is 7.66. The first kappa shape index (κ1) is 17.5. The molecule has 0 atom stereocenters. The van der Waals surface area contributed by atoms with Crippen LogP contribution < -0.4 is 9.47 Å². The number of ether oxygens (including phenoxy) is 3. The molecule has 2 rings (SSSR count). The highest BCUT2D eigenvalue weighted by Crippen LogP contribution is 2.29. The minimum absolute atomic E-state index is 0.277. The van der Waals surface area contributed by atoms with E-state index < -0.39 is 5.97 Å². The van der Waals surface area contributed by atoms with Crippen molar-refractivity contribution in [2.45, 2.75) is 26.9 Å². The summed E-state index contributed by atoms with van der Waals surface area (Å²) in [5.74, 6) is 0.110. The van der Waals surface area contributed by atoms with Gasteiger partial charge in [-0.15, -0.1) is 0 Å². The Morgan fingerprint density at radius 1 is 0.875 bits per heavy atom. The van der Waals surface area contributed by atoms with Crippen LogP contribution in [0, 0.1) is 0 Å². The van der Waals surface area contributed by atoms with E-state index in [-0.39, 0.29) is 12.6 Å². The Morgan fingerprint density at radius 2 is 1.62 bits per heavy atom. The van der Waals surface area contributed by atoms with Gasteiger partial charge in [-0.05, 0) is 23.3 Å². The van der Waals surface area contributed by atoms with Crippen molar-refractivity contribution < 1.29 is 23.8 Å². The average molecular weight is 328 g/mol. The summed E-state index contributed by atoms with van der Waals surface area (Å²) < 4.78 is 15.9. The quantitative estimate of drug-likeness (QED) is 0.576. The Morgan fingerprint density at radius 3 is 2.29 bits per heavy atom. The van der Waals surface area contributed by atoms with Crippen LogP contribution in [0.15, 0.2) is 48.5 Å². The van der Waals surface area contributed by atoms with Crippen LogP contribution in [0.3, 0.4) is 0 Å². The van der Waals surface area contributed by atoms with Crippen LogP contribution >= 0.6 is 0 Å². The molecule has 0 saturated heterocycles. The molecule has 0 aliphatic rings. The predicted molar refractivity (Wildman–Crippen MR) is 88.9 cm³/mol. The molecular formula is C19H20O5. The van der Waals surface area contributed by atoms with Crippen molar-refractivity contribution in [3.63, 3.8) is 0 Å². The highest BCUT2D eigenvalue weighted by Gasteiger charge is 2.10. The van der Waals surface area contributed by atoms with Gasteiger partial charge in [0.2, 0.25) is 0 Å². The zero-order valence-corrected chi connectivity index (χ0v) is 13.8. The minimum Gasteiger partial charge on any atom is -0.485 e. The monoisotopic (exact) mass is 328 g/mol. The van der Waals surface area contributed by atoms with Gasteiger partial charge in [0.1, 0.15) is 6.61 Å². The largest absolute Gasteiger partial charge is 0.485 e. The van der Waals surface area contributed by atoms with Crippen molar-refractivity contribution in [2.24, 2.45) is 0 Å². The zero-order chi connectivity index (χ0) is 17.4. The fraction of sp³-hybridized carbons (Fsp3) is 0.263. The van der Waals surface area contributed by atoms with Crippen LogP contribution in [0.5, 0.6) is 11.5 Å². The summed E-state index contributed by atoms with van der Waals surface area (Å²) in [4.78, 5) is 22.1. The molecule has 0 N–H and O–H groups in total. The number of hydrogen-bond donors (Lipinski definition) is 0. The van der Waals surface area contributed by atoms with Gasteiger partial charge in [0.15, 0.2) is 11.5 Å². The van der Waals surface area contributed by atoms with Gasteiger partial charge in [-0.2, -0.15) is 0 Å². The molecule has 24 heavy (non-hydrogen) atoms. The molecule has 0 heterocycles. The van der Waals surface area contributed by atoms with E-state index in [1.807, 2.05) is 36.4 Å². The Balaban J connectivity index is 2.08. The average Bonchev–Trinajstić information content (AvgIpc) is 2.54. The molecule has 0 radical (unpaired) electrons. The van der Waals surface area contributed by atoms with E-state index >= 15 is 0 Å². The maximum atomic E-state index is 11.3. The van der Waals surface area contributed by atoms with Gasteiger partial charge in [-0.1, -0.05) is 36.4 Å². The Labute approximate surface area is 141 Å². The van der Waals surface area contributed by atoms with Crippen LogP contribution in [0.2, 0.25) is 0 Å². The number of carbonyl (C=O) groups excluding carboxylic acids is 2. The standard InChI is InChI=1S/C19H20O5/c1-14(20)22-11-10-16-8-9-18(19(12-16)24-15(2)21)23-13-17-6-4-3-5-7-17/h3-9,12H,10-11,13H2,1-2H3. The van der Waals surface area contributed by atoms with E-state index in [9.17, 15) is 9.59 Å². The Bertz CT molecular complexity index is 694. The first-order chi connectivity index (χ1) is 11.5. The third-order valence-electron chi connectivity index (χ3n) is 3.20. The van der Waals surface area contributed by atoms with Gasteiger partial charge in [0, 0.05) is 20.3 Å². The molecule has 0 fully saturated rings. The molecule has 0 amide bonds. The van der Waals surface area contributed by atoms with Crippen molar-refractivity contribution in [1.82, 2.24) is 0 Å². The Kier molecular flexibility index (Phi) is 6.37. The smallest absolute Gasteiger partial charge is 0.308 e. The number of hydrogen-bond acceptors (Lipinski definition) is 5. The maximum absolute atomic E-state index is 11.3. The van der Waals surface area contributed by atoms with Crippen LogP contribution in [-0.2, 0) is 27.4 Å². The SMILES string of the molecule is CC(=O)OCCc1ccc(OCc2ccccc2)c(OC(C)=O)c1. The van der Waals surface area contributed by atoms with Gasteiger partial charge < -0.3 is 14.2 Å². The lowest BCUT2D eigenvalue weighted by molar-refractivity contribution is -0.140. The molecule has 126 valence electrons. The van der Waals surface area contributed by atoms with Gasteiger partial charge in [0.05, 0.1) is 6.61 Å². The van der Waals surface area contributed by atoms with E-state index in [1.165, 1.54) is 13.8 Å².